The quantitative estimate of drug-likeness (QED) is 0.115. The van der Waals surface area contributed by atoms with E-state index in [9.17, 15) is 0 Å². The number of nitrogens with zero attached hydrogens (tertiary/aromatic N) is 4. The molecule has 0 amide bonds. The molecule has 0 aliphatic heterocycles. The van der Waals surface area contributed by atoms with Crippen LogP contribution in [0.1, 0.15) is 28.7 Å². The van der Waals surface area contributed by atoms with Gasteiger partial charge in [0.15, 0.2) is 0 Å². The molecule has 4 aromatic heterocycles. The minimum Gasteiger partial charge on any atom is -0.256 e. The number of pyridine rings is 4. The van der Waals surface area contributed by atoms with E-state index in [2.05, 4.69) is 292 Å². The summed E-state index contributed by atoms with van der Waals surface area (Å²) in [6.45, 7) is 2.15. The fourth-order valence-electron chi connectivity index (χ4n) is 12.1. The van der Waals surface area contributed by atoms with E-state index in [1.807, 2.05) is 36.8 Å². The molecule has 4 nitrogen and oxygen atoms in total. The van der Waals surface area contributed by atoms with Crippen LogP contribution in [0, 0.1) is 6.92 Å². The van der Waals surface area contributed by atoms with Gasteiger partial charge in [-0.1, -0.05) is 243 Å². The van der Waals surface area contributed by atoms with Crippen molar-refractivity contribution in [3.05, 3.63) is 344 Å². The third-order valence-electron chi connectivity index (χ3n) is 16.4. The van der Waals surface area contributed by atoms with E-state index in [1.165, 1.54) is 5.57 Å². The Morgan fingerprint density at radius 2 is 0.628 bits per heavy atom. The molecule has 0 radical (unpaired) electrons. The predicted molar refractivity (Wildman–Crippen MR) is 358 cm³/mol. The molecule has 86 heavy (non-hydrogen) atoms. The lowest BCUT2D eigenvalue weighted by Crippen LogP contribution is -1.97. The number of hydrogen-bond acceptors (Lipinski definition) is 4. The van der Waals surface area contributed by atoms with Gasteiger partial charge in [-0.05, 0) is 174 Å². The first-order valence-electron chi connectivity index (χ1n) is 29.3. The fraction of sp³-hybridized carbons (Fsp3) is 0.0244. The van der Waals surface area contributed by atoms with Crippen LogP contribution < -0.4 is 0 Å². The SMILES string of the molecule is Cc1cc(-c2cc(-c3ccccc3)c(-c3ccccc3C3=CC(c4ccccc4-c4ccc(-c5ccccn5)cc4-c4ccccc4)=CC(c4ccccc4-c4ccc(-c5ccccn5)cc4-c4ccccc4)=CC3)cn2)ncc1-c1ccccc1. The van der Waals surface area contributed by atoms with E-state index in [4.69, 9.17) is 19.9 Å². The number of allylic oxidation sites excluding steroid dienone is 6. The van der Waals surface area contributed by atoms with Gasteiger partial charge in [0, 0.05) is 47.0 Å². The van der Waals surface area contributed by atoms with Crippen LogP contribution in [0.4, 0.5) is 0 Å². The molecule has 0 fully saturated rings. The van der Waals surface area contributed by atoms with Crippen LogP contribution >= 0.6 is 0 Å². The molecule has 0 bridgehead atoms. The summed E-state index contributed by atoms with van der Waals surface area (Å²) in [4.78, 5) is 19.8. The molecule has 0 saturated carbocycles. The second kappa shape index (κ2) is 23.9. The van der Waals surface area contributed by atoms with Crippen molar-refractivity contribution in [3.8, 4) is 112 Å². The number of aryl methyl sites for hydroxylation is 1. The molecule has 0 spiro atoms. The van der Waals surface area contributed by atoms with E-state index in [1.54, 1.807) is 0 Å². The molecule has 406 valence electrons. The first-order chi connectivity index (χ1) is 42.6. The molecule has 4 heterocycles. The summed E-state index contributed by atoms with van der Waals surface area (Å²) < 4.78 is 0. The summed E-state index contributed by atoms with van der Waals surface area (Å²) in [6, 6.07) is 99.5. The first kappa shape index (κ1) is 52.8. The minimum atomic E-state index is 0.657. The Balaban J connectivity index is 0.953. The van der Waals surface area contributed by atoms with Crippen molar-refractivity contribution < 1.29 is 0 Å². The standard InChI is InChI=1S/C82H58N4/c1-56-48-81(85-54-77(56)60-30-12-5-13-31-60)82-53-76(59-28-10-4-11-29-59)78(55-86-82)71-37-19-15-33-67(71)62-41-40-61(66-32-14-17-35-69(66)72-44-42-63(79-38-20-22-46-83-79)51-74(72)57-24-6-2-7-25-57)49-65(50-62)68-34-16-18-36-70(68)73-45-43-64(80-39-21-23-47-84-80)52-75(73)58-26-8-3-9-27-58/h2-40,42-55H,41H2,1H3. The van der Waals surface area contributed by atoms with Gasteiger partial charge in [0.25, 0.3) is 0 Å². The number of aromatic nitrogens is 4. The molecule has 0 atom stereocenters. The topological polar surface area (TPSA) is 51.6 Å². The molecule has 0 saturated heterocycles. The number of rotatable bonds is 13. The van der Waals surface area contributed by atoms with Gasteiger partial charge in [-0.3, -0.25) is 19.9 Å². The Morgan fingerprint density at radius 1 is 0.244 bits per heavy atom. The Labute approximate surface area is 503 Å². The van der Waals surface area contributed by atoms with Crippen molar-refractivity contribution >= 4 is 16.7 Å². The van der Waals surface area contributed by atoms with Gasteiger partial charge in [-0.2, -0.15) is 0 Å². The molecule has 1 aliphatic carbocycles. The predicted octanol–water partition coefficient (Wildman–Crippen LogP) is 21.2. The summed E-state index contributed by atoms with van der Waals surface area (Å²) in [6.07, 6.45) is 15.7. The van der Waals surface area contributed by atoms with E-state index in [0.29, 0.717) is 6.42 Å². The second-order valence-electron chi connectivity index (χ2n) is 21.7. The lowest BCUT2D eigenvalue weighted by atomic mass is 9.85. The monoisotopic (exact) mass is 1100 g/mol. The van der Waals surface area contributed by atoms with Gasteiger partial charge in [-0.15, -0.1) is 0 Å². The van der Waals surface area contributed by atoms with Gasteiger partial charge in [0.1, 0.15) is 0 Å². The van der Waals surface area contributed by atoms with Crippen molar-refractivity contribution in [2.45, 2.75) is 13.3 Å². The fourth-order valence-corrected chi connectivity index (χ4v) is 12.1. The minimum absolute atomic E-state index is 0.657. The third kappa shape index (κ3) is 10.8. The molecule has 4 heteroatoms. The van der Waals surface area contributed by atoms with Crippen molar-refractivity contribution in [1.82, 2.24) is 19.9 Å². The second-order valence-corrected chi connectivity index (χ2v) is 21.7. The maximum Gasteiger partial charge on any atom is 0.0892 e. The first-order valence-corrected chi connectivity index (χ1v) is 29.3. The van der Waals surface area contributed by atoms with Crippen molar-refractivity contribution in [2.75, 3.05) is 0 Å². The Morgan fingerprint density at radius 3 is 1.10 bits per heavy atom. The van der Waals surface area contributed by atoms with Crippen molar-refractivity contribution in [2.24, 2.45) is 0 Å². The summed E-state index contributed by atoms with van der Waals surface area (Å²) >= 11 is 0. The van der Waals surface area contributed by atoms with Crippen LogP contribution in [-0.2, 0) is 0 Å². The molecule has 13 aromatic rings. The van der Waals surface area contributed by atoms with Gasteiger partial charge in [0.2, 0.25) is 0 Å². The molecule has 0 unspecified atom stereocenters. The Hall–Kier alpha value is -11.2. The molecule has 1 aliphatic rings. The summed E-state index contributed by atoms with van der Waals surface area (Å²) in [5.74, 6) is 0. The van der Waals surface area contributed by atoms with E-state index in [0.717, 1.165) is 145 Å². The van der Waals surface area contributed by atoms with Crippen LogP contribution in [0.3, 0.4) is 0 Å². The van der Waals surface area contributed by atoms with Crippen LogP contribution in [0.2, 0.25) is 0 Å². The van der Waals surface area contributed by atoms with E-state index < -0.39 is 0 Å². The Kier molecular flexibility index (Phi) is 14.7. The normalized spacial score (nSPS) is 12.2. The average molecular weight is 1100 g/mol. The highest BCUT2D eigenvalue weighted by Gasteiger charge is 2.23. The zero-order valence-electron chi connectivity index (χ0n) is 47.6. The van der Waals surface area contributed by atoms with Crippen LogP contribution in [0.15, 0.2) is 322 Å². The number of benzene rings is 9. The summed E-state index contributed by atoms with van der Waals surface area (Å²) in [5, 5.41) is 0. The van der Waals surface area contributed by atoms with Gasteiger partial charge in [0.05, 0.1) is 22.8 Å². The zero-order valence-corrected chi connectivity index (χ0v) is 47.6. The van der Waals surface area contributed by atoms with Crippen molar-refractivity contribution in [1.29, 1.82) is 0 Å². The third-order valence-corrected chi connectivity index (χ3v) is 16.4. The molecule has 14 rings (SSSR count). The van der Waals surface area contributed by atoms with E-state index >= 15 is 0 Å². The maximum atomic E-state index is 5.26. The largest absolute Gasteiger partial charge is 0.256 e. The highest BCUT2D eigenvalue weighted by molar-refractivity contribution is 6.04. The van der Waals surface area contributed by atoms with Gasteiger partial charge < -0.3 is 0 Å². The molecule has 9 aromatic carbocycles. The highest BCUT2D eigenvalue weighted by atomic mass is 14.8. The van der Waals surface area contributed by atoms with Gasteiger partial charge >= 0.3 is 0 Å². The van der Waals surface area contributed by atoms with Crippen LogP contribution in [0.5, 0.6) is 0 Å². The highest BCUT2D eigenvalue weighted by Crippen LogP contribution is 2.46. The lowest BCUT2D eigenvalue weighted by molar-refractivity contribution is 1.23. The summed E-state index contributed by atoms with van der Waals surface area (Å²) in [7, 11) is 0. The molecular formula is C82H58N4. The lowest BCUT2D eigenvalue weighted by Gasteiger charge is -2.19. The molecule has 0 N–H and O–H groups in total. The smallest absolute Gasteiger partial charge is 0.0892 e. The zero-order chi connectivity index (χ0) is 57.6. The van der Waals surface area contributed by atoms with Crippen LogP contribution in [-0.4, -0.2) is 19.9 Å². The van der Waals surface area contributed by atoms with Crippen LogP contribution in [0.25, 0.3) is 129 Å². The maximum absolute atomic E-state index is 5.26. The van der Waals surface area contributed by atoms with Gasteiger partial charge in [-0.25, -0.2) is 0 Å². The average Bonchev–Trinajstić information content (AvgIpc) is 2.66. The van der Waals surface area contributed by atoms with Crippen molar-refractivity contribution in [3.63, 3.8) is 0 Å². The number of hydrogen-bond donors (Lipinski definition) is 0. The van der Waals surface area contributed by atoms with E-state index in [-0.39, 0.29) is 0 Å². The summed E-state index contributed by atoms with van der Waals surface area (Å²) in [5.41, 5.74) is 29.3. The Bertz CT molecular complexity index is 4680. The molecular weight excluding hydrogens is 1040 g/mol.